The van der Waals surface area contributed by atoms with Gasteiger partial charge in [-0.25, -0.2) is 19.2 Å². The number of carbonyl (C=O) groups is 1. The Morgan fingerprint density at radius 2 is 2.08 bits per heavy atom. The van der Waals surface area contributed by atoms with Crippen molar-refractivity contribution in [3.8, 4) is 0 Å². The van der Waals surface area contributed by atoms with Gasteiger partial charge in [-0.1, -0.05) is 11.8 Å². The Kier molecular flexibility index (Phi) is 6.23. The number of nitrogens with one attached hydrogen (secondary N) is 2. The van der Waals surface area contributed by atoms with Gasteiger partial charge in [0.2, 0.25) is 0 Å². The first kappa shape index (κ1) is 19.5. The molecule has 1 heterocycles. The lowest BCUT2D eigenvalue weighted by molar-refractivity contribution is 0.0636. The number of hydrogen-bond acceptors (Lipinski definition) is 6. The number of aromatic nitrogens is 2. The molecule has 0 radical (unpaired) electrons. The summed E-state index contributed by atoms with van der Waals surface area (Å²) in [6.07, 6.45) is 2.82. The van der Waals surface area contributed by atoms with Gasteiger partial charge in [-0.3, -0.25) is 5.32 Å². The second-order valence-corrected chi connectivity index (χ2v) is 7.63. The number of rotatable bonds is 4. The van der Waals surface area contributed by atoms with Gasteiger partial charge < -0.3 is 10.1 Å². The van der Waals surface area contributed by atoms with E-state index < -0.39 is 17.5 Å². The molecule has 1 aromatic heterocycles. The third-order valence-corrected chi connectivity index (χ3v) is 3.91. The van der Waals surface area contributed by atoms with Gasteiger partial charge in [0.1, 0.15) is 17.2 Å². The Bertz CT molecular complexity index is 783. The fraction of sp³-hybridized carbons (Fsp3) is 0.312. The molecule has 2 rings (SSSR count). The summed E-state index contributed by atoms with van der Waals surface area (Å²) in [5, 5.41) is 6.02. The fourth-order valence-corrected chi connectivity index (χ4v) is 2.42. The number of halogens is 2. The first-order valence-electron chi connectivity index (χ1n) is 7.31. The number of nitrogens with zero attached hydrogens (tertiary/aromatic N) is 2. The minimum absolute atomic E-state index is 0.167. The van der Waals surface area contributed by atoms with E-state index in [2.05, 4.69) is 36.5 Å². The first-order valence-corrected chi connectivity index (χ1v) is 9.33. The van der Waals surface area contributed by atoms with Crippen LogP contribution in [0.25, 0.3) is 0 Å². The topological polar surface area (TPSA) is 76.1 Å². The minimum Gasteiger partial charge on any atom is -0.444 e. The average Bonchev–Trinajstić information content (AvgIpc) is 2.50. The van der Waals surface area contributed by atoms with Crippen LogP contribution in [0.15, 0.2) is 34.0 Å². The zero-order valence-electron chi connectivity index (χ0n) is 14.2. The lowest BCUT2D eigenvalue weighted by atomic mass is 10.2. The lowest BCUT2D eigenvalue weighted by Gasteiger charge is -2.20. The Hall–Kier alpha value is -1.87. The molecule has 0 saturated heterocycles. The summed E-state index contributed by atoms with van der Waals surface area (Å²) < 4.78 is 19.9. The molecule has 0 aliphatic carbocycles. The summed E-state index contributed by atoms with van der Waals surface area (Å²) in [5.74, 6) is -0.0568. The van der Waals surface area contributed by atoms with Crippen LogP contribution in [-0.4, -0.2) is 27.9 Å². The number of amides is 1. The number of ether oxygens (including phenoxy) is 1. The maximum absolute atomic E-state index is 14.1. The molecular formula is C16H18BrFN4O2S. The molecule has 9 heteroatoms. The molecule has 0 aliphatic heterocycles. The highest BCUT2D eigenvalue weighted by Gasteiger charge is 2.17. The largest absolute Gasteiger partial charge is 0.444 e. The van der Waals surface area contributed by atoms with Crippen LogP contribution in [0.2, 0.25) is 0 Å². The normalized spacial score (nSPS) is 11.1. The van der Waals surface area contributed by atoms with E-state index in [0.29, 0.717) is 21.1 Å². The molecule has 0 spiro atoms. The van der Waals surface area contributed by atoms with Crippen LogP contribution in [0.3, 0.4) is 0 Å². The van der Waals surface area contributed by atoms with Gasteiger partial charge in [-0.05, 0) is 61.2 Å². The second kappa shape index (κ2) is 8.01. The maximum atomic E-state index is 14.1. The van der Waals surface area contributed by atoms with Crippen molar-refractivity contribution in [2.45, 2.75) is 31.5 Å². The Labute approximate surface area is 158 Å². The van der Waals surface area contributed by atoms with E-state index in [0.717, 1.165) is 0 Å². The van der Waals surface area contributed by atoms with Crippen molar-refractivity contribution in [2.75, 3.05) is 16.9 Å². The summed E-state index contributed by atoms with van der Waals surface area (Å²) in [5.41, 5.74) is -0.0564. The molecule has 25 heavy (non-hydrogen) atoms. The first-order chi connectivity index (χ1) is 11.7. The van der Waals surface area contributed by atoms with Gasteiger partial charge >= 0.3 is 6.09 Å². The van der Waals surface area contributed by atoms with Crippen LogP contribution in [0.4, 0.5) is 26.4 Å². The van der Waals surface area contributed by atoms with Crippen molar-refractivity contribution in [1.29, 1.82) is 0 Å². The minimum atomic E-state index is -0.620. The monoisotopic (exact) mass is 428 g/mol. The summed E-state index contributed by atoms with van der Waals surface area (Å²) in [6.45, 7) is 5.29. The molecule has 0 bridgehead atoms. The predicted octanol–water partition coefficient (Wildman–Crippen LogP) is 5.19. The standard InChI is InChI=1S/C16H18BrFN4O2S/c1-16(2,3)24-15(23)20-9-5-6-11(18)12(7-9)21-13-10(17)8-19-14(22-13)25-4/h5-8H,1-4H3,(H,20,23)(H,19,21,22). The molecular weight excluding hydrogens is 411 g/mol. The van der Waals surface area contributed by atoms with Crippen LogP contribution in [-0.2, 0) is 4.74 Å². The Balaban J connectivity index is 2.21. The second-order valence-electron chi connectivity index (χ2n) is 6.00. The maximum Gasteiger partial charge on any atom is 0.412 e. The van der Waals surface area contributed by atoms with Gasteiger partial charge in [0.25, 0.3) is 0 Å². The number of thioether (sulfide) groups is 1. The van der Waals surface area contributed by atoms with Gasteiger partial charge in [0, 0.05) is 11.9 Å². The summed E-state index contributed by atoms with van der Waals surface area (Å²) >= 11 is 4.70. The van der Waals surface area contributed by atoms with Crippen molar-refractivity contribution < 1.29 is 13.9 Å². The van der Waals surface area contributed by atoms with E-state index in [1.807, 2.05) is 6.26 Å². The zero-order chi connectivity index (χ0) is 18.6. The molecule has 134 valence electrons. The Morgan fingerprint density at radius 1 is 1.36 bits per heavy atom. The van der Waals surface area contributed by atoms with Crippen LogP contribution in [0, 0.1) is 5.82 Å². The molecule has 1 amide bonds. The van der Waals surface area contributed by atoms with Crippen molar-refractivity contribution in [3.63, 3.8) is 0 Å². The molecule has 0 fully saturated rings. The predicted molar refractivity (Wildman–Crippen MR) is 101 cm³/mol. The summed E-state index contributed by atoms with van der Waals surface area (Å²) in [7, 11) is 0. The Morgan fingerprint density at radius 3 is 2.72 bits per heavy atom. The van der Waals surface area contributed by atoms with E-state index >= 15 is 0 Å². The summed E-state index contributed by atoms with van der Waals surface area (Å²) in [4.78, 5) is 20.2. The molecule has 0 saturated carbocycles. The molecule has 2 aromatic rings. The smallest absolute Gasteiger partial charge is 0.412 e. The van der Waals surface area contributed by atoms with E-state index in [4.69, 9.17) is 4.74 Å². The SMILES string of the molecule is CSc1ncc(Br)c(Nc2cc(NC(=O)OC(C)(C)C)ccc2F)n1. The number of carbonyl (C=O) groups excluding carboxylic acids is 1. The van der Waals surface area contributed by atoms with Crippen LogP contribution in [0.1, 0.15) is 20.8 Å². The van der Waals surface area contributed by atoms with Crippen molar-refractivity contribution in [1.82, 2.24) is 9.97 Å². The summed E-state index contributed by atoms with van der Waals surface area (Å²) in [6, 6.07) is 4.17. The molecule has 2 N–H and O–H groups in total. The number of benzene rings is 1. The molecule has 1 aromatic carbocycles. The quantitative estimate of drug-likeness (QED) is 0.515. The molecule has 0 atom stereocenters. The van der Waals surface area contributed by atoms with E-state index in [9.17, 15) is 9.18 Å². The zero-order valence-corrected chi connectivity index (χ0v) is 16.6. The van der Waals surface area contributed by atoms with Gasteiger partial charge in [-0.15, -0.1) is 0 Å². The third-order valence-electron chi connectivity index (χ3n) is 2.77. The highest BCUT2D eigenvalue weighted by atomic mass is 79.9. The molecule has 0 unspecified atom stereocenters. The molecule has 6 nitrogen and oxygen atoms in total. The van der Waals surface area contributed by atoms with Crippen molar-refractivity contribution in [3.05, 3.63) is 34.7 Å². The van der Waals surface area contributed by atoms with Gasteiger partial charge in [0.15, 0.2) is 5.16 Å². The number of anilines is 3. The highest BCUT2D eigenvalue weighted by Crippen LogP contribution is 2.28. The van der Waals surface area contributed by atoms with Crippen LogP contribution < -0.4 is 10.6 Å². The van der Waals surface area contributed by atoms with E-state index in [1.54, 1.807) is 27.0 Å². The van der Waals surface area contributed by atoms with Crippen molar-refractivity contribution in [2.24, 2.45) is 0 Å². The van der Waals surface area contributed by atoms with Gasteiger partial charge in [-0.2, -0.15) is 0 Å². The average molecular weight is 429 g/mol. The van der Waals surface area contributed by atoms with E-state index in [1.165, 1.54) is 30.0 Å². The van der Waals surface area contributed by atoms with Gasteiger partial charge in [0.05, 0.1) is 10.2 Å². The highest BCUT2D eigenvalue weighted by molar-refractivity contribution is 9.10. The number of hydrogen-bond donors (Lipinski definition) is 2. The van der Waals surface area contributed by atoms with E-state index in [-0.39, 0.29) is 5.69 Å². The van der Waals surface area contributed by atoms with Crippen LogP contribution in [0.5, 0.6) is 0 Å². The van der Waals surface area contributed by atoms with Crippen molar-refractivity contribution >= 4 is 51.0 Å². The third kappa shape index (κ3) is 5.86. The van der Waals surface area contributed by atoms with Crippen LogP contribution >= 0.6 is 27.7 Å². The fourth-order valence-electron chi connectivity index (χ4n) is 1.78. The lowest BCUT2D eigenvalue weighted by Crippen LogP contribution is -2.27. The molecule has 0 aliphatic rings.